The van der Waals surface area contributed by atoms with Crippen LogP contribution in [0.5, 0.6) is 0 Å². The molecule has 4 saturated carbocycles. The molecule has 0 saturated heterocycles. The average molecular weight is 427 g/mol. The fourth-order valence-electron chi connectivity index (χ4n) is 6.50. The van der Waals surface area contributed by atoms with Crippen LogP contribution in [0.1, 0.15) is 84.5 Å². The molecule has 4 fully saturated rings. The number of aliphatic hydroxyl groups is 3. The lowest BCUT2D eigenvalue weighted by Crippen LogP contribution is -2.33. The van der Waals surface area contributed by atoms with Gasteiger partial charge in [0.05, 0.1) is 18.3 Å². The minimum atomic E-state index is -0.617. The Labute approximate surface area is 188 Å². The van der Waals surface area contributed by atoms with E-state index < -0.39 is 12.2 Å². The van der Waals surface area contributed by atoms with Crippen LogP contribution in [0.15, 0.2) is 47.6 Å². The van der Waals surface area contributed by atoms with E-state index in [9.17, 15) is 15.3 Å². The highest BCUT2D eigenvalue weighted by atomic mass is 16.3. The molecule has 0 aromatic rings. The van der Waals surface area contributed by atoms with Gasteiger partial charge in [-0.15, -0.1) is 0 Å². The molecule has 3 heteroatoms. The van der Waals surface area contributed by atoms with Gasteiger partial charge in [-0.2, -0.15) is 0 Å². The van der Waals surface area contributed by atoms with E-state index in [0.717, 1.165) is 30.4 Å². The van der Waals surface area contributed by atoms with Crippen LogP contribution in [0.25, 0.3) is 0 Å². The first-order valence-electron chi connectivity index (χ1n) is 12.5. The number of hydrogen-bond donors (Lipinski definition) is 3. The molecule has 6 unspecified atom stereocenters. The molecular formula is C28H42O3. The summed E-state index contributed by atoms with van der Waals surface area (Å²) >= 11 is 0. The molecule has 0 spiro atoms. The highest BCUT2D eigenvalue weighted by molar-refractivity contribution is 5.38. The fraction of sp³-hybridized carbons (Fsp3) is 0.714. The van der Waals surface area contributed by atoms with Gasteiger partial charge in [0.25, 0.3) is 0 Å². The molecule has 0 bridgehead atoms. The molecule has 4 aliphatic rings. The number of allylic oxidation sites excluding steroid dienone is 4. The normalized spacial score (nSPS) is 41.1. The molecule has 0 amide bonds. The molecule has 31 heavy (non-hydrogen) atoms. The van der Waals surface area contributed by atoms with Crippen LogP contribution in [0.2, 0.25) is 0 Å². The third kappa shape index (κ3) is 4.79. The molecule has 0 aromatic heterocycles. The molecular weight excluding hydrogens is 384 g/mol. The van der Waals surface area contributed by atoms with Gasteiger partial charge >= 0.3 is 0 Å². The van der Waals surface area contributed by atoms with Crippen molar-refractivity contribution in [3.8, 4) is 0 Å². The Morgan fingerprint density at radius 2 is 1.87 bits per heavy atom. The summed E-state index contributed by atoms with van der Waals surface area (Å²) in [6, 6.07) is 0. The van der Waals surface area contributed by atoms with Crippen molar-refractivity contribution >= 4 is 0 Å². The van der Waals surface area contributed by atoms with Gasteiger partial charge in [-0.3, -0.25) is 0 Å². The van der Waals surface area contributed by atoms with Gasteiger partial charge in [0.2, 0.25) is 0 Å². The number of aliphatic hydroxyl groups excluding tert-OH is 3. The van der Waals surface area contributed by atoms with E-state index >= 15 is 0 Å². The molecule has 0 radical (unpaired) electrons. The van der Waals surface area contributed by atoms with Crippen molar-refractivity contribution in [2.75, 3.05) is 0 Å². The van der Waals surface area contributed by atoms with Gasteiger partial charge in [-0.1, -0.05) is 50.3 Å². The quantitative estimate of drug-likeness (QED) is 0.483. The lowest BCUT2D eigenvalue weighted by Gasteiger charge is -2.42. The molecule has 0 heterocycles. The summed E-state index contributed by atoms with van der Waals surface area (Å²) in [6.45, 7) is 8.75. The SMILES string of the molecule is C=C1/C(=C/C=C2/CCCC3(C)C(C/C=C/CC(O)C4(C)CC4)CCC23)CC(O)CC1O. The molecule has 3 N–H and O–H groups in total. The van der Waals surface area contributed by atoms with Crippen LogP contribution in [0, 0.1) is 22.7 Å². The topological polar surface area (TPSA) is 60.7 Å². The van der Waals surface area contributed by atoms with Crippen LogP contribution in [0.3, 0.4) is 0 Å². The van der Waals surface area contributed by atoms with E-state index in [2.05, 4.69) is 44.7 Å². The second-order valence-electron chi connectivity index (χ2n) is 11.4. The maximum absolute atomic E-state index is 10.3. The summed E-state index contributed by atoms with van der Waals surface area (Å²) in [5.41, 5.74) is 3.87. The van der Waals surface area contributed by atoms with Gasteiger partial charge < -0.3 is 15.3 Å². The summed E-state index contributed by atoms with van der Waals surface area (Å²) in [5.74, 6) is 1.35. The van der Waals surface area contributed by atoms with E-state index in [1.807, 2.05) is 0 Å². The van der Waals surface area contributed by atoms with Gasteiger partial charge in [0, 0.05) is 6.42 Å². The summed E-state index contributed by atoms with van der Waals surface area (Å²) < 4.78 is 0. The van der Waals surface area contributed by atoms with Crippen molar-refractivity contribution in [3.63, 3.8) is 0 Å². The largest absolute Gasteiger partial charge is 0.393 e. The standard InChI is InChI=1S/C28H42O3/c1-19-21(17-23(29)18-25(19)30)11-10-20-7-6-14-28(3)22(12-13-24(20)28)8-4-5-9-26(31)27(2)15-16-27/h4-5,10-11,22-26,29-31H,1,6-9,12-18H2,2-3H3/b5-4+,20-10-,21-11+. The third-order valence-corrected chi connectivity index (χ3v) is 9.21. The lowest BCUT2D eigenvalue weighted by molar-refractivity contribution is 0.0862. The van der Waals surface area contributed by atoms with Crippen LogP contribution in [-0.2, 0) is 0 Å². The van der Waals surface area contributed by atoms with E-state index in [-0.39, 0.29) is 11.5 Å². The zero-order chi connectivity index (χ0) is 22.2. The predicted octanol–water partition coefficient (Wildman–Crippen LogP) is 5.62. The Balaban J connectivity index is 1.39. The summed E-state index contributed by atoms with van der Waals surface area (Å²) in [6.07, 6.45) is 19.2. The Kier molecular flexibility index (Phi) is 6.68. The minimum absolute atomic E-state index is 0.181. The fourth-order valence-corrected chi connectivity index (χ4v) is 6.50. The predicted molar refractivity (Wildman–Crippen MR) is 126 cm³/mol. The summed E-state index contributed by atoms with van der Waals surface area (Å²) in [5, 5.41) is 30.5. The van der Waals surface area contributed by atoms with Gasteiger partial charge in [0.1, 0.15) is 0 Å². The van der Waals surface area contributed by atoms with Crippen molar-refractivity contribution in [1.82, 2.24) is 0 Å². The number of fused-ring (bicyclic) bond motifs is 1. The van der Waals surface area contributed by atoms with E-state index in [1.54, 1.807) is 5.57 Å². The summed E-state index contributed by atoms with van der Waals surface area (Å²) in [4.78, 5) is 0. The first-order chi connectivity index (χ1) is 14.7. The molecule has 0 aliphatic heterocycles. The Bertz CT molecular complexity index is 771. The zero-order valence-electron chi connectivity index (χ0n) is 19.5. The second kappa shape index (κ2) is 9.00. The third-order valence-electron chi connectivity index (χ3n) is 9.21. The monoisotopic (exact) mass is 426 g/mol. The molecule has 3 nitrogen and oxygen atoms in total. The highest BCUT2D eigenvalue weighted by Crippen LogP contribution is 2.58. The van der Waals surface area contributed by atoms with Crippen molar-refractivity contribution in [3.05, 3.63) is 47.6 Å². The van der Waals surface area contributed by atoms with Crippen LogP contribution in [0.4, 0.5) is 0 Å². The van der Waals surface area contributed by atoms with Gasteiger partial charge in [-0.25, -0.2) is 0 Å². The van der Waals surface area contributed by atoms with E-state index in [1.165, 1.54) is 38.5 Å². The Hall–Kier alpha value is -1.16. The van der Waals surface area contributed by atoms with E-state index in [0.29, 0.717) is 30.1 Å². The highest BCUT2D eigenvalue weighted by Gasteiger charge is 2.48. The van der Waals surface area contributed by atoms with Crippen molar-refractivity contribution in [1.29, 1.82) is 0 Å². The van der Waals surface area contributed by atoms with Crippen LogP contribution < -0.4 is 0 Å². The van der Waals surface area contributed by atoms with Crippen molar-refractivity contribution in [2.45, 2.75) is 103 Å². The molecule has 6 atom stereocenters. The van der Waals surface area contributed by atoms with Gasteiger partial charge in [-0.05, 0) is 98.0 Å². The summed E-state index contributed by atoms with van der Waals surface area (Å²) in [7, 11) is 0. The lowest BCUT2D eigenvalue weighted by atomic mass is 9.63. The molecule has 4 aliphatic carbocycles. The van der Waals surface area contributed by atoms with Crippen molar-refractivity contribution in [2.24, 2.45) is 22.7 Å². The molecule has 0 aromatic carbocycles. The Morgan fingerprint density at radius 3 is 2.61 bits per heavy atom. The average Bonchev–Trinajstić information content (AvgIpc) is 3.39. The van der Waals surface area contributed by atoms with Gasteiger partial charge in [0.15, 0.2) is 0 Å². The second-order valence-corrected chi connectivity index (χ2v) is 11.4. The van der Waals surface area contributed by atoms with E-state index in [4.69, 9.17) is 0 Å². The maximum atomic E-state index is 10.3. The number of hydrogen-bond acceptors (Lipinski definition) is 3. The first kappa shape index (κ1) is 23.0. The smallest absolute Gasteiger partial charge is 0.0811 e. The molecule has 172 valence electrons. The zero-order valence-corrected chi connectivity index (χ0v) is 19.5. The van der Waals surface area contributed by atoms with Crippen molar-refractivity contribution < 1.29 is 15.3 Å². The minimum Gasteiger partial charge on any atom is -0.393 e. The van der Waals surface area contributed by atoms with Crippen LogP contribution >= 0.6 is 0 Å². The molecule has 4 rings (SSSR count). The Morgan fingerprint density at radius 1 is 1.10 bits per heavy atom. The maximum Gasteiger partial charge on any atom is 0.0811 e. The van der Waals surface area contributed by atoms with Crippen LogP contribution in [-0.4, -0.2) is 33.6 Å². The number of rotatable bonds is 6. The first-order valence-corrected chi connectivity index (χ1v) is 12.5.